The van der Waals surface area contributed by atoms with E-state index in [-0.39, 0.29) is 0 Å². The average molecular weight is 302 g/mol. The molecule has 0 unspecified atom stereocenters. The summed E-state index contributed by atoms with van der Waals surface area (Å²) in [6.07, 6.45) is 2.85. The van der Waals surface area contributed by atoms with Crippen molar-refractivity contribution in [1.29, 1.82) is 0 Å². The molecule has 3 rings (SSSR count). The first-order valence-electron chi connectivity index (χ1n) is 6.98. The maximum Gasteiger partial charge on any atom is 0.120 e. The van der Waals surface area contributed by atoms with Crippen LogP contribution in [0.4, 0.5) is 0 Å². The molecular formula is C17H16ClNO2. The van der Waals surface area contributed by atoms with Crippen LogP contribution in [0.5, 0.6) is 5.75 Å². The van der Waals surface area contributed by atoms with Crippen molar-refractivity contribution in [2.24, 2.45) is 5.16 Å². The lowest BCUT2D eigenvalue weighted by Crippen LogP contribution is -2.12. The first-order valence-corrected chi connectivity index (χ1v) is 7.35. The van der Waals surface area contributed by atoms with Crippen LogP contribution >= 0.6 is 11.6 Å². The number of nitrogens with zero attached hydrogens (tertiary/aromatic N) is 1. The Morgan fingerprint density at radius 2 is 2.05 bits per heavy atom. The molecule has 0 bridgehead atoms. The van der Waals surface area contributed by atoms with E-state index in [4.69, 9.17) is 21.5 Å². The summed E-state index contributed by atoms with van der Waals surface area (Å²) in [6.45, 7) is 0.463. The SMILES string of the molecule is O/N=C1/CCCc2ccc(OCc3cccc(Cl)c3)cc21. The van der Waals surface area contributed by atoms with Gasteiger partial charge in [0.1, 0.15) is 12.4 Å². The molecule has 0 aromatic heterocycles. The average Bonchev–Trinajstić information content (AvgIpc) is 2.52. The molecule has 1 N–H and O–H groups in total. The van der Waals surface area contributed by atoms with E-state index >= 15 is 0 Å². The van der Waals surface area contributed by atoms with Gasteiger partial charge in [0.05, 0.1) is 5.71 Å². The smallest absolute Gasteiger partial charge is 0.120 e. The van der Waals surface area contributed by atoms with E-state index in [2.05, 4.69) is 5.16 Å². The van der Waals surface area contributed by atoms with Crippen molar-refractivity contribution in [3.63, 3.8) is 0 Å². The zero-order chi connectivity index (χ0) is 14.7. The van der Waals surface area contributed by atoms with Crippen LogP contribution in [0.25, 0.3) is 0 Å². The lowest BCUT2D eigenvalue weighted by atomic mass is 9.90. The second-order valence-electron chi connectivity index (χ2n) is 5.14. The fourth-order valence-corrected chi connectivity index (χ4v) is 2.82. The van der Waals surface area contributed by atoms with Crippen molar-refractivity contribution in [3.8, 4) is 5.75 Å². The van der Waals surface area contributed by atoms with Gasteiger partial charge in [-0.3, -0.25) is 0 Å². The molecule has 1 aliphatic carbocycles. The van der Waals surface area contributed by atoms with Gasteiger partial charge in [-0.05, 0) is 54.7 Å². The van der Waals surface area contributed by atoms with Crippen molar-refractivity contribution >= 4 is 17.3 Å². The summed E-state index contributed by atoms with van der Waals surface area (Å²) in [6, 6.07) is 13.6. The van der Waals surface area contributed by atoms with Crippen LogP contribution in [0.15, 0.2) is 47.6 Å². The maximum absolute atomic E-state index is 9.10. The van der Waals surface area contributed by atoms with Crippen molar-refractivity contribution in [1.82, 2.24) is 0 Å². The normalized spacial score (nSPS) is 15.8. The standard InChI is InChI=1S/C17H16ClNO2/c18-14-5-1-3-12(9-14)11-21-15-8-7-13-4-2-6-17(19-20)16(13)10-15/h1,3,5,7-10,20H,2,4,6,11H2/b19-17-. The quantitative estimate of drug-likeness (QED) is 0.673. The minimum atomic E-state index is 0.463. The molecule has 108 valence electrons. The Kier molecular flexibility index (Phi) is 4.11. The zero-order valence-electron chi connectivity index (χ0n) is 11.6. The molecular weight excluding hydrogens is 286 g/mol. The second-order valence-corrected chi connectivity index (χ2v) is 5.57. The highest BCUT2D eigenvalue weighted by Gasteiger charge is 2.16. The third kappa shape index (κ3) is 3.19. The highest BCUT2D eigenvalue weighted by Crippen LogP contribution is 2.26. The molecule has 0 radical (unpaired) electrons. The number of aryl methyl sites for hydroxylation is 1. The number of ether oxygens (including phenoxy) is 1. The third-order valence-corrected chi connectivity index (χ3v) is 3.90. The van der Waals surface area contributed by atoms with Crippen molar-refractivity contribution < 1.29 is 9.94 Å². The third-order valence-electron chi connectivity index (χ3n) is 3.67. The van der Waals surface area contributed by atoms with Crippen molar-refractivity contribution in [2.75, 3.05) is 0 Å². The van der Waals surface area contributed by atoms with E-state index in [1.807, 2.05) is 42.5 Å². The van der Waals surface area contributed by atoms with Crippen LogP contribution in [-0.2, 0) is 13.0 Å². The Morgan fingerprint density at radius 3 is 2.86 bits per heavy atom. The monoisotopic (exact) mass is 301 g/mol. The number of rotatable bonds is 3. The van der Waals surface area contributed by atoms with Gasteiger partial charge >= 0.3 is 0 Å². The predicted octanol–water partition coefficient (Wildman–Crippen LogP) is 4.43. The minimum absolute atomic E-state index is 0.463. The molecule has 0 amide bonds. The summed E-state index contributed by atoms with van der Waals surface area (Å²) in [5.41, 5.74) is 3.97. The predicted molar refractivity (Wildman–Crippen MR) is 83.5 cm³/mol. The van der Waals surface area contributed by atoms with E-state index < -0.39 is 0 Å². The lowest BCUT2D eigenvalue weighted by Gasteiger charge is -2.18. The molecule has 2 aromatic carbocycles. The van der Waals surface area contributed by atoms with E-state index in [9.17, 15) is 0 Å². The summed E-state index contributed by atoms with van der Waals surface area (Å²) < 4.78 is 5.81. The zero-order valence-corrected chi connectivity index (χ0v) is 12.3. The molecule has 3 nitrogen and oxygen atoms in total. The van der Waals surface area contributed by atoms with Crippen LogP contribution in [0.2, 0.25) is 5.02 Å². The molecule has 0 spiro atoms. The Hall–Kier alpha value is -2.00. The number of benzene rings is 2. The van der Waals surface area contributed by atoms with Crippen LogP contribution in [-0.4, -0.2) is 10.9 Å². The molecule has 0 atom stereocenters. The molecule has 21 heavy (non-hydrogen) atoms. The van der Waals surface area contributed by atoms with E-state index in [1.54, 1.807) is 0 Å². The molecule has 0 saturated heterocycles. The van der Waals surface area contributed by atoms with Crippen LogP contribution in [0, 0.1) is 0 Å². The highest BCUT2D eigenvalue weighted by atomic mass is 35.5. The number of halogens is 1. The Bertz CT molecular complexity index is 682. The van der Waals surface area contributed by atoms with Gasteiger partial charge in [-0.1, -0.05) is 35.0 Å². The van der Waals surface area contributed by atoms with E-state index in [0.29, 0.717) is 11.6 Å². The second kappa shape index (κ2) is 6.19. The fraction of sp³-hybridized carbons (Fsp3) is 0.235. The van der Waals surface area contributed by atoms with Crippen LogP contribution < -0.4 is 4.74 Å². The number of hydrogen-bond donors (Lipinski definition) is 1. The molecule has 0 heterocycles. The van der Waals surface area contributed by atoms with Gasteiger partial charge in [0, 0.05) is 10.6 Å². The van der Waals surface area contributed by atoms with E-state index in [0.717, 1.165) is 41.9 Å². The summed E-state index contributed by atoms with van der Waals surface area (Å²) >= 11 is 5.96. The Balaban J connectivity index is 1.78. The summed E-state index contributed by atoms with van der Waals surface area (Å²) in [4.78, 5) is 0. The van der Waals surface area contributed by atoms with E-state index in [1.165, 1.54) is 5.56 Å². The maximum atomic E-state index is 9.10. The fourth-order valence-electron chi connectivity index (χ4n) is 2.61. The molecule has 0 saturated carbocycles. The largest absolute Gasteiger partial charge is 0.489 e. The van der Waals surface area contributed by atoms with Gasteiger partial charge in [0.25, 0.3) is 0 Å². The first-order chi connectivity index (χ1) is 10.3. The highest BCUT2D eigenvalue weighted by molar-refractivity contribution is 6.30. The van der Waals surface area contributed by atoms with Crippen molar-refractivity contribution in [3.05, 3.63) is 64.2 Å². The topological polar surface area (TPSA) is 41.8 Å². The van der Waals surface area contributed by atoms with Gasteiger partial charge in [0.2, 0.25) is 0 Å². The van der Waals surface area contributed by atoms with Crippen LogP contribution in [0.1, 0.15) is 29.5 Å². The van der Waals surface area contributed by atoms with Crippen LogP contribution in [0.3, 0.4) is 0 Å². The van der Waals surface area contributed by atoms with Gasteiger partial charge in [-0.2, -0.15) is 0 Å². The Labute approximate surface area is 128 Å². The number of hydrogen-bond acceptors (Lipinski definition) is 3. The summed E-state index contributed by atoms with van der Waals surface area (Å²) in [7, 11) is 0. The van der Waals surface area contributed by atoms with Gasteiger partial charge in [-0.15, -0.1) is 0 Å². The number of fused-ring (bicyclic) bond motifs is 1. The van der Waals surface area contributed by atoms with Gasteiger partial charge < -0.3 is 9.94 Å². The number of oxime groups is 1. The Morgan fingerprint density at radius 1 is 1.14 bits per heavy atom. The summed E-state index contributed by atoms with van der Waals surface area (Å²) in [5.74, 6) is 0.775. The molecule has 4 heteroatoms. The van der Waals surface area contributed by atoms with Gasteiger partial charge in [0.15, 0.2) is 0 Å². The first kappa shape index (κ1) is 14.0. The molecule has 2 aromatic rings. The molecule has 0 aliphatic heterocycles. The van der Waals surface area contributed by atoms with Crippen molar-refractivity contribution in [2.45, 2.75) is 25.9 Å². The summed E-state index contributed by atoms with van der Waals surface area (Å²) in [5, 5.41) is 13.2. The molecule has 0 fully saturated rings. The minimum Gasteiger partial charge on any atom is -0.489 e. The van der Waals surface area contributed by atoms with Gasteiger partial charge in [-0.25, -0.2) is 0 Å². The molecule has 1 aliphatic rings. The lowest BCUT2D eigenvalue weighted by molar-refractivity contribution is 0.305.